The van der Waals surface area contributed by atoms with E-state index in [2.05, 4.69) is 26.0 Å². The van der Waals surface area contributed by atoms with Crippen molar-refractivity contribution in [1.82, 2.24) is 14.6 Å². The summed E-state index contributed by atoms with van der Waals surface area (Å²) in [6.45, 7) is 0. The molecule has 0 atom stereocenters. The van der Waals surface area contributed by atoms with Gasteiger partial charge in [-0.1, -0.05) is 12.1 Å². The molecule has 0 fully saturated rings. The molecule has 21 heavy (non-hydrogen) atoms. The molecule has 0 bridgehead atoms. The van der Waals surface area contributed by atoms with E-state index >= 15 is 0 Å². The van der Waals surface area contributed by atoms with Gasteiger partial charge in [0.1, 0.15) is 0 Å². The van der Waals surface area contributed by atoms with Gasteiger partial charge in [-0.3, -0.25) is 5.21 Å². The second-order valence-corrected chi connectivity index (χ2v) is 5.61. The lowest BCUT2D eigenvalue weighted by atomic mass is 10.0. The number of nitrogens with zero attached hydrogens (tertiary/aromatic N) is 4. The Balaban J connectivity index is 2.07. The third-order valence-electron chi connectivity index (χ3n) is 3.44. The van der Waals surface area contributed by atoms with Crippen molar-refractivity contribution < 1.29 is 9.94 Å². The van der Waals surface area contributed by atoms with Gasteiger partial charge in [0.2, 0.25) is 6.20 Å². The molecule has 4 rings (SSSR count). The fourth-order valence-electron chi connectivity index (χ4n) is 2.49. The summed E-state index contributed by atoms with van der Waals surface area (Å²) in [5, 5.41) is 15.2. The zero-order valence-corrected chi connectivity index (χ0v) is 12.4. The van der Waals surface area contributed by atoms with Gasteiger partial charge in [0.05, 0.1) is 16.1 Å². The SMILES string of the molecule is O[n+]1ccc(-c2cnn3cc(Br)cnc23)c2ccccc21. The third-order valence-corrected chi connectivity index (χ3v) is 3.85. The van der Waals surface area contributed by atoms with Crippen LogP contribution in [0.3, 0.4) is 0 Å². The van der Waals surface area contributed by atoms with Crippen LogP contribution in [-0.2, 0) is 0 Å². The number of aromatic nitrogens is 4. The average Bonchev–Trinajstić information content (AvgIpc) is 2.91. The molecule has 0 amide bonds. The lowest BCUT2D eigenvalue weighted by Gasteiger charge is -2.02. The zero-order chi connectivity index (χ0) is 14.4. The maximum absolute atomic E-state index is 9.92. The summed E-state index contributed by atoms with van der Waals surface area (Å²) in [5.41, 5.74) is 3.44. The van der Waals surface area contributed by atoms with Crippen LogP contribution in [0, 0.1) is 0 Å². The molecule has 0 unspecified atom stereocenters. The number of pyridine rings is 1. The minimum atomic E-state index is 0.742. The molecular formula is C15H10BrN4O+. The van der Waals surface area contributed by atoms with Gasteiger partial charge in [-0.05, 0) is 22.0 Å². The van der Waals surface area contributed by atoms with E-state index in [1.165, 1.54) is 0 Å². The Labute approximate surface area is 128 Å². The van der Waals surface area contributed by atoms with E-state index in [1.807, 2.05) is 36.5 Å². The topological polar surface area (TPSA) is 54.3 Å². The van der Waals surface area contributed by atoms with Gasteiger partial charge in [-0.25, -0.2) is 9.50 Å². The maximum Gasteiger partial charge on any atom is 0.265 e. The molecule has 0 saturated heterocycles. The van der Waals surface area contributed by atoms with Crippen LogP contribution < -0.4 is 4.73 Å². The van der Waals surface area contributed by atoms with Crippen LogP contribution in [0.2, 0.25) is 0 Å². The first-order chi connectivity index (χ1) is 10.2. The fourth-order valence-corrected chi connectivity index (χ4v) is 2.79. The minimum absolute atomic E-state index is 0.742. The van der Waals surface area contributed by atoms with Crippen molar-refractivity contribution in [1.29, 1.82) is 0 Å². The molecular weight excluding hydrogens is 332 g/mol. The van der Waals surface area contributed by atoms with Crippen molar-refractivity contribution in [3.8, 4) is 11.1 Å². The fraction of sp³-hybridized carbons (Fsp3) is 0. The number of halogens is 1. The molecule has 0 aliphatic carbocycles. The van der Waals surface area contributed by atoms with E-state index in [9.17, 15) is 5.21 Å². The summed E-state index contributed by atoms with van der Waals surface area (Å²) in [6, 6.07) is 9.54. The molecule has 6 heteroatoms. The first-order valence-corrected chi connectivity index (χ1v) is 7.15. The van der Waals surface area contributed by atoms with Crippen LogP contribution in [0.4, 0.5) is 0 Å². The summed E-state index contributed by atoms with van der Waals surface area (Å²) in [6.07, 6.45) is 7.03. The Bertz CT molecular complexity index is 980. The zero-order valence-electron chi connectivity index (χ0n) is 10.8. The molecule has 0 spiro atoms. The van der Waals surface area contributed by atoms with E-state index in [-0.39, 0.29) is 0 Å². The number of benzene rings is 1. The lowest BCUT2D eigenvalue weighted by Crippen LogP contribution is -2.29. The molecule has 1 N–H and O–H groups in total. The minimum Gasteiger partial charge on any atom is -0.285 e. The molecule has 4 aromatic rings. The summed E-state index contributed by atoms with van der Waals surface area (Å²) < 4.78 is 3.72. The first-order valence-electron chi connectivity index (χ1n) is 6.36. The van der Waals surface area contributed by atoms with Gasteiger partial charge in [-0.15, -0.1) is 0 Å². The van der Waals surface area contributed by atoms with Crippen LogP contribution >= 0.6 is 15.9 Å². The Kier molecular flexibility index (Phi) is 2.65. The van der Waals surface area contributed by atoms with Gasteiger partial charge in [0.25, 0.3) is 5.52 Å². The Morgan fingerprint density at radius 2 is 1.95 bits per heavy atom. The molecule has 0 aliphatic rings. The van der Waals surface area contributed by atoms with Crippen LogP contribution in [-0.4, -0.2) is 19.8 Å². The molecule has 102 valence electrons. The number of hydrogen-bond donors (Lipinski definition) is 1. The predicted octanol–water partition coefficient (Wildman–Crippen LogP) is 2.84. The monoisotopic (exact) mass is 341 g/mol. The third kappa shape index (κ3) is 1.87. The Morgan fingerprint density at radius 3 is 2.86 bits per heavy atom. The number of hydrogen-bond acceptors (Lipinski definition) is 3. The molecule has 0 aliphatic heterocycles. The van der Waals surface area contributed by atoms with E-state index in [0.29, 0.717) is 0 Å². The van der Waals surface area contributed by atoms with Gasteiger partial charge < -0.3 is 0 Å². The second kappa shape index (κ2) is 4.53. The van der Waals surface area contributed by atoms with Crippen molar-refractivity contribution in [3.63, 3.8) is 0 Å². The van der Waals surface area contributed by atoms with Gasteiger partial charge >= 0.3 is 0 Å². The number of rotatable bonds is 1. The van der Waals surface area contributed by atoms with Crippen molar-refractivity contribution in [2.24, 2.45) is 0 Å². The average molecular weight is 342 g/mol. The molecule has 0 saturated carbocycles. The van der Waals surface area contributed by atoms with Crippen LogP contribution in [0.25, 0.3) is 27.7 Å². The summed E-state index contributed by atoms with van der Waals surface area (Å²) in [5.74, 6) is 0. The standard InChI is InChI=1S/C15H10BrN4O/c16-10-7-17-15-13(8-18-19(15)9-10)11-5-6-20(21)14-4-2-1-3-12(11)14/h1-9,21H/q+1. The van der Waals surface area contributed by atoms with Crippen molar-refractivity contribution >= 4 is 32.5 Å². The van der Waals surface area contributed by atoms with Crippen molar-refractivity contribution in [2.75, 3.05) is 0 Å². The first kappa shape index (κ1) is 12.3. The smallest absolute Gasteiger partial charge is 0.265 e. The van der Waals surface area contributed by atoms with Gasteiger partial charge in [0, 0.05) is 40.4 Å². The summed E-state index contributed by atoms with van der Waals surface area (Å²) in [7, 11) is 0. The van der Waals surface area contributed by atoms with E-state index in [0.717, 1.165) is 36.9 Å². The maximum atomic E-state index is 9.92. The lowest BCUT2D eigenvalue weighted by molar-refractivity contribution is -0.884. The molecule has 3 aromatic heterocycles. The molecule has 5 nitrogen and oxygen atoms in total. The van der Waals surface area contributed by atoms with Crippen LogP contribution in [0.1, 0.15) is 0 Å². The Morgan fingerprint density at radius 1 is 1.10 bits per heavy atom. The van der Waals surface area contributed by atoms with Gasteiger partial charge in [0.15, 0.2) is 5.65 Å². The van der Waals surface area contributed by atoms with Crippen LogP contribution in [0.5, 0.6) is 0 Å². The molecule has 0 radical (unpaired) electrons. The largest absolute Gasteiger partial charge is 0.285 e. The highest BCUT2D eigenvalue weighted by Gasteiger charge is 2.16. The van der Waals surface area contributed by atoms with Gasteiger partial charge in [-0.2, -0.15) is 5.10 Å². The normalized spacial score (nSPS) is 11.3. The quantitative estimate of drug-likeness (QED) is 0.428. The van der Waals surface area contributed by atoms with Crippen molar-refractivity contribution in [2.45, 2.75) is 0 Å². The highest BCUT2D eigenvalue weighted by Crippen LogP contribution is 2.29. The second-order valence-electron chi connectivity index (χ2n) is 4.69. The van der Waals surface area contributed by atoms with Crippen molar-refractivity contribution in [3.05, 3.63) is 59.6 Å². The summed E-state index contributed by atoms with van der Waals surface area (Å²) in [4.78, 5) is 4.43. The molecule has 3 heterocycles. The number of fused-ring (bicyclic) bond motifs is 2. The summed E-state index contributed by atoms with van der Waals surface area (Å²) >= 11 is 3.39. The van der Waals surface area contributed by atoms with E-state index < -0.39 is 0 Å². The Hall–Kier alpha value is -2.47. The highest BCUT2D eigenvalue weighted by molar-refractivity contribution is 9.10. The predicted molar refractivity (Wildman–Crippen MR) is 81.0 cm³/mol. The molecule has 1 aromatic carbocycles. The van der Waals surface area contributed by atoms with E-state index in [4.69, 9.17) is 0 Å². The van der Waals surface area contributed by atoms with Crippen LogP contribution in [0.15, 0.2) is 59.6 Å². The highest BCUT2D eigenvalue weighted by atomic mass is 79.9. The number of para-hydroxylation sites is 1. The van der Waals surface area contributed by atoms with E-state index in [1.54, 1.807) is 23.1 Å².